The molecule has 1 aliphatic carbocycles. The van der Waals surface area contributed by atoms with Gasteiger partial charge < -0.3 is 5.32 Å². The van der Waals surface area contributed by atoms with Gasteiger partial charge in [0.2, 0.25) is 0 Å². The molecule has 0 atom stereocenters. The quantitative estimate of drug-likeness (QED) is 0.665. The lowest BCUT2D eigenvalue weighted by Gasteiger charge is -2.16. The van der Waals surface area contributed by atoms with Gasteiger partial charge in [0.05, 0.1) is 0 Å². The highest BCUT2D eigenvalue weighted by molar-refractivity contribution is 5.69. The van der Waals surface area contributed by atoms with Crippen LogP contribution in [0.15, 0.2) is 60.9 Å². The third-order valence-corrected chi connectivity index (χ3v) is 3.91. The van der Waals surface area contributed by atoms with Gasteiger partial charge in [0, 0.05) is 11.4 Å². The first-order chi connectivity index (χ1) is 10.1. The van der Waals surface area contributed by atoms with Gasteiger partial charge in [-0.25, -0.2) is 0 Å². The van der Waals surface area contributed by atoms with Crippen molar-refractivity contribution >= 4 is 11.3 Å². The predicted octanol–water partition coefficient (Wildman–Crippen LogP) is 6.01. The Morgan fingerprint density at radius 2 is 2.05 bits per heavy atom. The maximum absolute atomic E-state index is 4.18. The maximum Gasteiger partial charge on any atom is 0.0387 e. The van der Waals surface area contributed by atoms with Crippen molar-refractivity contribution < 1.29 is 0 Å². The minimum Gasteiger partial charge on any atom is -0.356 e. The van der Waals surface area contributed by atoms with E-state index in [0.29, 0.717) is 0 Å². The molecule has 110 valence electrons. The zero-order chi connectivity index (χ0) is 15.2. The third kappa shape index (κ3) is 3.98. The number of anilines is 1. The van der Waals surface area contributed by atoms with Gasteiger partial charge in [0.25, 0.3) is 0 Å². The molecular formula is C20H25N. The summed E-state index contributed by atoms with van der Waals surface area (Å²) in [7, 11) is 0. The van der Waals surface area contributed by atoms with E-state index in [2.05, 4.69) is 68.7 Å². The van der Waals surface area contributed by atoms with Crippen LogP contribution in [0, 0.1) is 6.92 Å². The normalized spacial score (nSPS) is 16.7. The molecule has 0 bridgehead atoms. The highest BCUT2D eigenvalue weighted by Gasteiger charge is 2.06. The van der Waals surface area contributed by atoms with Gasteiger partial charge in [-0.2, -0.15) is 0 Å². The van der Waals surface area contributed by atoms with Crippen molar-refractivity contribution in [2.75, 3.05) is 5.32 Å². The summed E-state index contributed by atoms with van der Waals surface area (Å²) in [4.78, 5) is 0. The summed E-state index contributed by atoms with van der Waals surface area (Å²) in [6, 6.07) is 6.49. The second-order valence-electron chi connectivity index (χ2n) is 5.59. The number of allylic oxidation sites excluding steroid dienone is 5. The largest absolute Gasteiger partial charge is 0.356 e. The molecule has 1 nitrogen and oxygen atoms in total. The summed E-state index contributed by atoms with van der Waals surface area (Å²) in [6.07, 6.45) is 10.8. The molecule has 1 aliphatic rings. The van der Waals surface area contributed by atoms with E-state index in [1.165, 1.54) is 16.7 Å². The minimum atomic E-state index is 0.919. The second-order valence-corrected chi connectivity index (χ2v) is 5.59. The molecule has 0 aliphatic heterocycles. The Morgan fingerprint density at radius 3 is 2.76 bits per heavy atom. The zero-order valence-corrected chi connectivity index (χ0v) is 13.2. The molecule has 0 saturated carbocycles. The van der Waals surface area contributed by atoms with E-state index in [0.717, 1.165) is 42.6 Å². The van der Waals surface area contributed by atoms with E-state index in [-0.39, 0.29) is 0 Å². The van der Waals surface area contributed by atoms with Gasteiger partial charge in [-0.3, -0.25) is 0 Å². The van der Waals surface area contributed by atoms with Gasteiger partial charge in [0.15, 0.2) is 0 Å². The lowest BCUT2D eigenvalue weighted by atomic mass is 9.99. The fourth-order valence-electron chi connectivity index (χ4n) is 2.55. The van der Waals surface area contributed by atoms with Crippen molar-refractivity contribution in [3.63, 3.8) is 0 Å². The number of hydrogen-bond acceptors (Lipinski definition) is 1. The molecule has 2 rings (SSSR count). The highest BCUT2D eigenvalue weighted by atomic mass is 14.9. The monoisotopic (exact) mass is 279 g/mol. The molecule has 1 aromatic rings. The number of benzene rings is 1. The number of rotatable bonds is 4. The Hall–Kier alpha value is -2.02. The Balaban J connectivity index is 2.17. The first-order valence-electron chi connectivity index (χ1n) is 7.71. The molecule has 0 spiro atoms. The van der Waals surface area contributed by atoms with Crippen molar-refractivity contribution in [3.8, 4) is 0 Å². The van der Waals surface area contributed by atoms with Crippen LogP contribution in [0.4, 0.5) is 5.69 Å². The molecule has 21 heavy (non-hydrogen) atoms. The Kier molecular flexibility index (Phi) is 5.21. The Morgan fingerprint density at radius 1 is 1.24 bits per heavy atom. The summed E-state index contributed by atoms with van der Waals surface area (Å²) >= 11 is 0. The first-order valence-corrected chi connectivity index (χ1v) is 7.71. The topological polar surface area (TPSA) is 12.0 Å². The lowest BCUT2D eigenvalue weighted by Crippen LogP contribution is -2.03. The summed E-state index contributed by atoms with van der Waals surface area (Å²) < 4.78 is 0. The molecule has 0 saturated heterocycles. The zero-order valence-electron chi connectivity index (χ0n) is 13.2. The fraction of sp³-hybridized carbons (Fsp3) is 0.300. The third-order valence-electron chi connectivity index (χ3n) is 3.91. The molecule has 0 heterocycles. The van der Waals surface area contributed by atoms with Crippen LogP contribution in [0.25, 0.3) is 5.57 Å². The Labute approximate surface area is 128 Å². The van der Waals surface area contributed by atoms with E-state index in [4.69, 9.17) is 0 Å². The van der Waals surface area contributed by atoms with E-state index in [1.807, 2.05) is 0 Å². The van der Waals surface area contributed by atoms with Gasteiger partial charge in [-0.1, -0.05) is 44.4 Å². The van der Waals surface area contributed by atoms with Crippen LogP contribution >= 0.6 is 0 Å². The molecular weight excluding hydrogens is 254 g/mol. The van der Waals surface area contributed by atoms with Gasteiger partial charge in [-0.15, -0.1) is 0 Å². The van der Waals surface area contributed by atoms with Gasteiger partial charge >= 0.3 is 0 Å². The number of hydrogen-bond donors (Lipinski definition) is 1. The van der Waals surface area contributed by atoms with E-state index >= 15 is 0 Å². The van der Waals surface area contributed by atoms with Crippen LogP contribution < -0.4 is 5.32 Å². The van der Waals surface area contributed by atoms with Crippen LogP contribution in [0.1, 0.15) is 43.7 Å². The molecule has 0 unspecified atom stereocenters. The van der Waals surface area contributed by atoms with Gasteiger partial charge in [0.1, 0.15) is 0 Å². The van der Waals surface area contributed by atoms with E-state index in [9.17, 15) is 0 Å². The van der Waals surface area contributed by atoms with Crippen molar-refractivity contribution in [2.24, 2.45) is 0 Å². The van der Waals surface area contributed by atoms with Crippen molar-refractivity contribution in [1.82, 2.24) is 0 Å². The fourth-order valence-corrected chi connectivity index (χ4v) is 2.55. The number of aryl methyl sites for hydroxylation is 1. The average Bonchev–Trinajstić information content (AvgIpc) is 2.46. The molecule has 1 heteroatoms. The van der Waals surface area contributed by atoms with Gasteiger partial charge in [-0.05, 0) is 67.0 Å². The van der Waals surface area contributed by atoms with Crippen molar-refractivity contribution in [2.45, 2.75) is 39.5 Å². The van der Waals surface area contributed by atoms with Crippen molar-refractivity contribution in [3.05, 3.63) is 72.0 Å². The first kappa shape index (κ1) is 15.4. The van der Waals surface area contributed by atoms with Crippen LogP contribution in [-0.4, -0.2) is 0 Å². The smallest absolute Gasteiger partial charge is 0.0387 e. The molecule has 1 aromatic carbocycles. The number of nitrogens with one attached hydrogen (secondary N) is 1. The standard InChI is InChI=1S/C20H25N/c1-5-15(2)19-13-12-18(14-17(19)4)21-20-11-9-7-6-8-10-16(20)3/h6,8,11-14,21H,2-3,5,7,9-10H2,1,4H3/b8-6-,20-11?. The van der Waals surface area contributed by atoms with Crippen LogP contribution in [0.2, 0.25) is 0 Å². The summed E-state index contributed by atoms with van der Waals surface area (Å²) in [6.45, 7) is 12.6. The average molecular weight is 279 g/mol. The maximum atomic E-state index is 4.18. The molecule has 1 N–H and O–H groups in total. The van der Waals surface area contributed by atoms with Crippen LogP contribution in [0.3, 0.4) is 0 Å². The lowest BCUT2D eigenvalue weighted by molar-refractivity contribution is 1.01. The second kappa shape index (κ2) is 7.12. The predicted molar refractivity (Wildman–Crippen MR) is 94.3 cm³/mol. The Bertz CT molecular complexity index is 602. The summed E-state index contributed by atoms with van der Waals surface area (Å²) in [5.74, 6) is 0. The molecule has 0 radical (unpaired) electrons. The van der Waals surface area contributed by atoms with Crippen LogP contribution in [0.5, 0.6) is 0 Å². The molecule has 0 amide bonds. The summed E-state index contributed by atoms with van der Waals surface area (Å²) in [5.41, 5.74) is 7.14. The molecule has 0 fully saturated rings. The van der Waals surface area contributed by atoms with E-state index in [1.54, 1.807) is 0 Å². The SMILES string of the molecule is C=C1C/C=C\CCC=C1Nc1ccc(C(=C)CC)c(C)c1. The summed E-state index contributed by atoms with van der Waals surface area (Å²) in [5, 5.41) is 3.52. The van der Waals surface area contributed by atoms with Crippen molar-refractivity contribution in [1.29, 1.82) is 0 Å². The minimum absolute atomic E-state index is 0.919. The highest BCUT2D eigenvalue weighted by Crippen LogP contribution is 2.25. The van der Waals surface area contributed by atoms with E-state index < -0.39 is 0 Å². The molecule has 0 aromatic heterocycles. The van der Waals surface area contributed by atoms with Crippen LogP contribution in [-0.2, 0) is 0 Å².